The van der Waals surface area contributed by atoms with E-state index in [0.717, 1.165) is 12.8 Å². The average molecular weight is 501 g/mol. The third kappa shape index (κ3) is 6.04. The van der Waals surface area contributed by atoms with Gasteiger partial charge in [-0.15, -0.1) is 0 Å². The Kier molecular flexibility index (Phi) is 7.82. The highest BCUT2D eigenvalue weighted by atomic mass is 32.2. The molecule has 0 saturated heterocycles. The van der Waals surface area contributed by atoms with Crippen LogP contribution in [-0.4, -0.2) is 61.6 Å². The second-order valence-corrected chi connectivity index (χ2v) is 11.6. The van der Waals surface area contributed by atoms with E-state index in [1.54, 1.807) is 43.3 Å². The fourth-order valence-electron chi connectivity index (χ4n) is 4.22. The summed E-state index contributed by atoms with van der Waals surface area (Å²) in [5.74, 6) is 6.58. The molecule has 4 rings (SSSR count). The van der Waals surface area contributed by atoms with Crippen molar-refractivity contribution in [3.8, 4) is 17.6 Å². The van der Waals surface area contributed by atoms with Gasteiger partial charge in [-0.1, -0.05) is 37.0 Å². The summed E-state index contributed by atoms with van der Waals surface area (Å²) in [6.45, 7) is 4.41. The molecule has 3 atom stereocenters. The van der Waals surface area contributed by atoms with Gasteiger partial charge in [0.25, 0.3) is 0 Å². The first-order valence-corrected chi connectivity index (χ1v) is 13.5. The number of ether oxygens (including phenoxy) is 1. The molecule has 1 aliphatic heterocycles. The molecule has 0 amide bonds. The van der Waals surface area contributed by atoms with E-state index in [-0.39, 0.29) is 41.6 Å². The number of likely N-dealkylation sites (N-methyl/N-ethyl adjacent to an activating group) is 1. The number of halogens is 1. The number of rotatable bonds is 6. The molecule has 8 heteroatoms. The minimum Gasteiger partial charge on any atom is -0.487 e. The molecule has 35 heavy (non-hydrogen) atoms. The van der Waals surface area contributed by atoms with Gasteiger partial charge in [-0.3, -0.25) is 4.90 Å². The minimum absolute atomic E-state index is 0.0726. The Balaban J connectivity index is 1.67. The lowest BCUT2D eigenvalue weighted by atomic mass is 10.0. The summed E-state index contributed by atoms with van der Waals surface area (Å²) in [4.78, 5) is 2.05. The number of benzene rings is 2. The number of sulfonamides is 1. The van der Waals surface area contributed by atoms with E-state index in [4.69, 9.17) is 4.74 Å². The number of hydrogen-bond acceptors (Lipinski definition) is 5. The zero-order valence-electron chi connectivity index (χ0n) is 20.4. The van der Waals surface area contributed by atoms with Crippen LogP contribution < -0.4 is 4.74 Å². The van der Waals surface area contributed by atoms with Gasteiger partial charge in [0.15, 0.2) is 0 Å². The maximum atomic E-state index is 14.2. The Morgan fingerprint density at radius 3 is 2.69 bits per heavy atom. The van der Waals surface area contributed by atoms with Gasteiger partial charge in [0, 0.05) is 48.6 Å². The highest BCUT2D eigenvalue weighted by Crippen LogP contribution is 2.34. The molecule has 1 aliphatic carbocycles. The van der Waals surface area contributed by atoms with E-state index in [0.29, 0.717) is 30.1 Å². The minimum atomic E-state index is -3.89. The van der Waals surface area contributed by atoms with E-state index in [9.17, 15) is 17.9 Å². The smallest absolute Gasteiger partial charge is 0.247 e. The van der Waals surface area contributed by atoms with E-state index in [2.05, 4.69) is 11.8 Å². The van der Waals surface area contributed by atoms with Crippen molar-refractivity contribution < 1.29 is 22.7 Å². The molecule has 2 aliphatic rings. The van der Waals surface area contributed by atoms with Gasteiger partial charge in [-0.05, 0) is 51.1 Å². The number of fused-ring (bicyclic) bond motifs is 1. The largest absolute Gasteiger partial charge is 0.487 e. The van der Waals surface area contributed by atoms with Crippen LogP contribution in [0.2, 0.25) is 0 Å². The Morgan fingerprint density at radius 1 is 1.26 bits per heavy atom. The molecule has 0 spiro atoms. The number of nitrogens with zero attached hydrogens (tertiary/aromatic N) is 2. The molecular weight excluding hydrogens is 467 g/mol. The second-order valence-electron chi connectivity index (χ2n) is 9.73. The summed E-state index contributed by atoms with van der Waals surface area (Å²) in [6, 6.07) is 11.0. The molecule has 1 heterocycles. The Bertz CT molecular complexity index is 1220. The summed E-state index contributed by atoms with van der Waals surface area (Å²) >= 11 is 0. The molecule has 0 unspecified atom stereocenters. The predicted octanol–water partition coefficient (Wildman–Crippen LogP) is 3.49. The van der Waals surface area contributed by atoms with Crippen LogP contribution in [0.4, 0.5) is 4.39 Å². The van der Waals surface area contributed by atoms with Crippen LogP contribution in [0.3, 0.4) is 0 Å². The van der Waals surface area contributed by atoms with Crippen LogP contribution in [0.25, 0.3) is 0 Å². The van der Waals surface area contributed by atoms with Crippen molar-refractivity contribution >= 4 is 10.0 Å². The second kappa shape index (κ2) is 10.7. The number of hydrogen-bond donors (Lipinski definition) is 1. The highest BCUT2D eigenvalue weighted by Gasteiger charge is 2.38. The number of aliphatic hydroxyl groups is 1. The summed E-state index contributed by atoms with van der Waals surface area (Å²) in [6.07, 6.45) is 1.84. The third-order valence-electron chi connectivity index (χ3n) is 6.55. The van der Waals surface area contributed by atoms with E-state index in [1.807, 2.05) is 18.9 Å². The molecule has 2 aromatic carbocycles. The maximum Gasteiger partial charge on any atom is 0.247 e. The van der Waals surface area contributed by atoms with Crippen molar-refractivity contribution in [1.29, 1.82) is 0 Å². The lowest BCUT2D eigenvalue weighted by Gasteiger charge is -2.37. The average Bonchev–Trinajstić information content (AvgIpc) is 3.65. The van der Waals surface area contributed by atoms with Crippen LogP contribution in [0.15, 0.2) is 47.4 Å². The Morgan fingerprint density at radius 2 is 2.00 bits per heavy atom. The maximum absolute atomic E-state index is 14.2. The first-order valence-electron chi connectivity index (χ1n) is 12.1. The summed E-state index contributed by atoms with van der Waals surface area (Å²) in [5.41, 5.74) is 1.30. The molecule has 0 radical (unpaired) electrons. The summed E-state index contributed by atoms with van der Waals surface area (Å²) < 4.78 is 49.1. The van der Waals surface area contributed by atoms with Crippen molar-refractivity contribution in [2.45, 2.75) is 50.3 Å². The summed E-state index contributed by atoms with van der Waals surface area (Å²) in [5, 5.41) is 9.79. The van der Waals surface area contributed by atoms with Gasteiger partial charge in [-0.25, -0.2) is 12.8 Å². The van der Waals surface area contributed by atoms with Crippen molar-refractivity contribution in [2.24, 2.45) is 11.8 Å². The van der Waals surface area contributed by atoms with Crippen LogP contribution in [0, 0.1) is 29.5 Å². The van der Waals surface area contributed by atoms with E-state index < -0.39 is 16.1 Å². The van der Waals surface area contributed by atoms with Crippen LogP contribution in [-0.2, 0) is 16.6 Å². The molecule has 188 valence electrons. The zero-order valence-corrected chi connectivity index (χ0v) is 21.3. The first kappa shape index (κ1) is 25.6. The Hall–Kier alpha value is -2.44. The lowest BCUT2D eigenvalue weighted by Crippen LogP contribution is -2.49. The molecule has 1 N–H and O–H groups in total. The van der Waals surface area contributed by atoms with Crippen LogP contribution in [0.5, 0.6) is 5.75 Å². The molecule has 2 aromatic rings. The van der Waals surface area contributed by atoms with Crippen molar-refractivity contribution in [3.05, 3.63) is 59.4 Å². The van der Waals surface area contributed by atoms with Crippen molar-refractivity contribution in [3.63, 3.8) is 0 Å². The zero-order chi connectivity index (χ0) is 25.2. The van der Waals surface area contributed by atoms with Crippen molar-refractivity contribution in [2.75, 3.05) is 26.7 Å². The van der Waals surface area contributed by atoms with E-state index >= 15 is 0 Å². The normalized spacial score (nSPS) is 22.8. The topological polar surface area (TPSA) is 70.1 Å². The van der Waals surface area contributed by atoms with Crippen LogP contribution in [0.1, 0.15) is 37.8 Å². The predicted molar refractivity (Wildman–Crippen MR) is 133 cm³/mol. The van der Waals surface area contributed by atoms with Gasteiger partial charge >= 0.3 is 0 Å². The quantitative estimate of drug-likeness (QED) is 0.615. The van der Waals surface area contributed by atoms with E-state index in [1.165, 1.54) is 10.4 Å². The van der Waals surface area contributed by atoms with Crippen LogP contribution >= 0.6 is 0 Å². The van der Waals surface area contributed by atoms with Gasteiger partial charge in [0.1, 0.15) is 22.6 Å². The highest BCUT2D eigenvalue weighted by molar-refractivity contribution is 7.89. The van der Waals surface area contributed by atoms with Gasteiger partial charge in [0.2, 0.25) is 10.0 Å². The van der Waals surface area contributed by atoms with Gasteiger partial charge < -0.3 is 9.84 Å². The molecule has 6 nitrogen and oxygen atoms in total. The van der Waals surface area contributed by atoms with Gasteiger partial charge in [0.05, 0.1) is 6.61 Å². The SMILES string of the molecule is C[C@@H]1CN([C@H](C)CO)S(=O)(=O)c2ccc(C#CC3CC3)cc2O[C@H]1CN(C)Cc1ccccc1F. The Labute approximate surface area is 207 Å². The fraction of sp³-hybridized carbons (Fsp3) is 0.481. The monoisotopic (exact) mass is 500 g/mol. The van der Waals surface area contributed by atoms with Gasteiger partial charge in [-0.2, -0.15) is 4.31 Å². The molecule has 1 fully saturated rings. The first-order chi connectivity index (χ1) is 16.7. The third-order valence-corrected chi connectivity index (χ3v) is 8.57. The molecular formula is C27H33FN2O4S. The molecule has 0 aromatic heterocycles. The number of aliphatic hydroxyl groups excluding tert-OH is 1. The molecule has 0 bridgehead atoms. The van der Waals surface area contributed by atoms with Crippen molar-refractivity contribution in [1.82, 2.24) is 9.21 Å². The molecule has 1 saturated carbocycles. The summed E-state index contributed by atoms with van der Waals surface area (Å²) in [7, 11) is -2.00. The standard InChI is InChI=1S/C27H33FN2O4S/c1-19-15-30(20(2)18-31)35(32,33)27-13-12-22(11-10-21-8-9-21)14-25(27)34-26(19)17-29(3)16-23-6-4-5-7-24(23)28/h4-7,12-14,19-21,26,31H,8-9,15-18H2,1-3H3/t19-,20-,26+/m1/s1. The fourth-order valence-corrected chi connectivity index (χ4v) is 6.05. The lowest BCUT2D eigenvalue weighted by molar-refractivity contribution is 0.0731.